The first-order chi connectivity index (χ1) is 10.3. The number of rotatable bonds is 6. The van der Waals surface area contributed by atoms with Gasteiger partial charge in [-0.05, 0) is 52.2 Å². The lowest BCUT2D eigenvalue weighted by Crippen LogP contribution is -2.75. The molecule has 2 unspecified atom stereocenters. The number of piperidine rings is 1. The Hall–Kier alpha value is -0.0700. The molecule has 1 heterocycles. The van der Waals surface area contributed by atoms with Crippen molar-refractivity contribution in [3.05, 3.63) is 0 Å². The average molecular weight is 384 g/mol. The van der Waals surface area contributed by atoms with Gasteiger partial charge in [-0.1, -0.05) is 13.8 Å². The first-order valence-corrected chi connectivity index (χ1v) is 8.68. The number of hydrogen-bond acceptors (Lipinski definition) is 4. The molecule has 144 valence electrons. The standard InChI is InChI=1S/C17H33N3O2.2ClH/c1-5-22-14-12-17(18,16(14,2)3)15(21)19-9-6-13-7-10-20(4)11-8-13;;/h13-14H,5-12,18H2,1-4H3,(H,19,21);2*1H. The zero-order valence-corrected chi connectivity index (χ0v) is 17.1. The summed E-state index contributed by atoms with van der Waals surface area (Å²) in [6.45, 7) is 9.80. The number of hydrogen-bond donors (Lipinski definition) is 2. The maximum absolute atomic E-state index is 12.5. The number of carbonyl (C=O) groups excluding carboxylic acids is 1. The van der Waals surface area contributed by atoms with E-state index < -0.39 is 5.54 Å². The van der Waals surface area contributed by atoms with Crippen molar-refractivity contribution in [1.29, 1.82) is 0 Å². The van der Waals surface area contributed by atoms with Gasteiger partial charge in [0.1, 0.15) is 5.54 Å². The summed E-state index contributed by atoms with van der Waals surface area (Å²) < 4.78 is 5.68. The van der Waals surface area contributed by atoms with E-state index in [1.807, 2.05) is 20.8 Å². The van der Waals surface area contributed by atoms with Gasteiger partial charge >= 0.3 is 0 Å². The molecule has 0 aromatic rings. The predicted octanol–water partition coefficient (Wildman–Crippen LogP) is 2.21. The number of ether oxygens (including phenoxy) is 1. The molecule has 1 aliphatic heterocycles. The van der Waals surface area contributed by atoms with Crippen LogP contribution >= 0.6 is 24.8 Å². The highest BCUT2D eigenvalue weighted by atomic mass is 35.5. The van der Waals surface area contributed by atoms with Crippen molar-refractivity contribution in [3.8, 4) is 0 Å². The van der Waals surface area contributed by atoms with Gasteiger partial charge in [-0.2, -0.15) is 0 Å². The highest BCUT2D eigenvalue weighted by Crippen LogP contribution is 2.49. The molecule has 1 saturated carbocycles. The maximum atomic E-state index is 12.5. The van der Waals surface area contributed by atoms with E-state index in [4.69, 9.17) is 10.5 Å². The summed E-state index contributed by atoms with van der Waals surface area (Å²) in [6.07, 6.45) is 4.23. The van der Waals surface area contributed by atoms with Crippen LogP contribution in [0.5, 0.6) is 0 Å². The Morgan fingerprint density at radius 3 is 2.38 bits per heavy atom. The van der Waals surface area contributed by atoms with Crippen LogP contribution in [-0.2, 0) is 9.53 Å². The third-order valence-electron chi connectivity index (χ3n) is 5.91. The fourth-order valence-electron chi connectivity index (χ4n) is 3.72. The molecule has 1 amide bonds. The largest absolute Gasteiger partial charge is 0.378 e. The molecule has 0 radical (unpaired) electrons. The number of amides is 1. The van der Waals surface area contributed by atoms with E-state index in [0.717, 1.165) is 18.9 Å². The maximum Gasteiger partial charge on any atom is 0.240 e. The van der Waals surface area contributed by atoms with Crippen molar-refractivity contribution < 1.29 is 9.53 Å². The van der Waals surface area contributed by atoms with Gasteiger partial charge in [0.25, 0.3) is 0 Å². The van der Waals surface area contributed by atoms with Crippen molar-refractivity contribution in [1.82, 2.24) is 10.2 Å². The number of likely N-dealkylation sites (tertiary alicyclic amines) is 1. The lowest BCUT2D eigenvalue weighted by Gasteiger charge is -2.57. The minimum Gasteiger partial charge on any atom is -0.378 e. The Morgan fingerprint density at radius 1 is 1.29 bits per heavy atom. The normalized spacial score (nSPS) is 29.8. The van der Waals surface area contributed by atoms with Gasteiger partial charge in [-0.25, -0.2) is 0 Å². The van der Waals surface area contributed by atoms with Crippen molar-refractivity contribution >= 4 is 30.7 Å². The first kappa shape index (κ1) is 23.9. The second-order valence-electron chi connectivity index (χ2n) is 7.63. The molecule has 2 fully saturated rings. The molecule has 1 aliphatic carbocycles. The number of carbonyl (C=O) groups is 1. The molecule has 2 atom stereocenters. The van der Waals surface area contributed by atoms with E-state index in [0.29, 0.717) is 13.0 Å². The molecule has 0 aromatic heterocycles. The van der Waals surface area contributed by atoms with E-state index in [1.54, 1.807) is 0 Å². The van der Waals surface area contributed by atoms with E-state index in [-0.39, 0.29) is 42.2 Å². The highest BCUT2D eigenvalue weighted by molar-refractivity contribution is 5.88. The second kappa shape index (κ2) is 9.58. The third-order valence-corrected chi connectivity index (χ3v) is 5.91. The predicted molar refractivity (Wildman–Crippen MR) is 103 cm³/mol. The molecular formula is C17H35Cl2N3O2. The van der Waals surface area contributed by atoms with Gasteiger partial charge in [0, 0.05) is 25.0 Å². The first-order valence-electron chi connectivity index (χ1n) is 8.68. The quantitative estimate of drug-likeness (QED) is 0.737. The van der Waals surface area contributed by atoms with Crippen molar-refractivity contribution in [2.24, 2.45) is 17.1 Å². The van der Waals surface area contributed by atoms with Crippen LogP contribution in [0.25, 0.3) is 0 Å². The molecule has 7 heteroatoms. The zero-order chi connectivity index (χ0) is 16.4. The third kappa shape index (κ3) is 4.76. The number of nitrogens with zero attached hydrogens (tertiary/aromatic N) is 1. The SMILES string of the molecule is CCOC1CC(N)(C(=O)NCCC2CCN(C)CC2)C1(C)C.Cl.Cl. The minimum atomic E-state index is -0.792. The van der Waals surface area contributed by atoms with Crippen LogP contribution in [-0.4, -0.2) is 55.7 Å². The summed E-state index contributed by atoms with van der Waals surface area (Å²) >= 11 is 0. The van der Waals surface area contributed by atoms with Crippen molar-refractivity contribution in [2.75, 3.05) is 33.3 Å². The molecule has 5 nitrogen and oxygen atoms in total. The van der Waals surface area contributed by atoms with Gasteiger partial charge in [0.2, 0.25) is 5.91 Å². The van der Waals surface area contributed by atoms with Crippen LogP contribution in [0.15, 0.2) is 0 Å². The van der Waals surface area contributed by atoms with Crippen LogP contribution < -0.4 is 11.1 Å². The smallest absolute Gasteiger partial charge is 0.240 e. The van der Waals surface area contributed by atoms with Gasteiger partial charge < -0.3 is 20.7 Å². The van der Waals surface area contributed by atoms with Crippen molar-refractivity contribution in [2.45, 2.75) is 58.1 Å². The Kier molecular flexibility index (Phi) is 9.55. The molecular weight excluding hydrogens is 349 g/mol. The molecule has 0 aromatic carbocycles. The molecule has 0 spiro atoms. The van der Waals surface area contributed by atoms with E-state index in [2.05, 4.69) is 17.3 Å². The van der Waals surface area contributed by atoms with E-state index >= 15 is 0 Å². The van der Waals surface area contributed by atoms with Crippen LogP contribution in [0.1, 0.15) is 46.5 Å². The summed E-state index contributed by atoms with van der Waals surface area (Å²) in [5, 5.41) is 3.07. The highest BCUT2D eigenvalue weighted by Gasteiger charge is 2.62. The van der Waals surface area contributed by atoms with Crippen LogP contribution in [0.4, 0.5) is 0 Å². The number of nitrogens with two attached hydrogens (primary N) is 1. The van der Waals surface area contributed by atoms with Gasteiger partial charge in [0.15, 0.2) is 0 Å². The summed E-state index contributed by atoms with van der Waals surface area (Å²) in [7, 11) is 2.17. The summed E-state index contributed by atoms with van der Waals surface area (Å²) in [5.74, 6) is 0.720. The fourth-order valence-corrected chi connectivity index (χ4v) is 3.72. The zero-order valence-electron chi connectivity index (χ0n) is 15.5. The van der Waals surface area contributed by atoms with Crippen molar-refractivity contribution in [3.63, 3.8) is 0 Å². The van der Waals surface area contributed by atoms with E-state index in [9.17, 15) is 4.79 Å². The van der Waals surface area contributed by atoms with Gasteiger partial charge in [-0.15, -0.1) is 24.8 Å². The molecule has 3 N–H and O–H groups in total. The van der Waals surface area contributed by atoms with Crippen LogP contribution in [0.3, 0.4) is 0 Å². The fraction of sp³-hybridized carbons (Fsp3) is 0.941. The second-order valence-corrected chi connectivity index (χ2v) is 7.63. The van der Waals surface area contributed by atoms with Gasteiger partial charge in [-0.3, -0.25) is 4.79 Å². The van der Waals surface area contributed by atoms with E-state index in [1.165, 1.54) is 25.9 Å². The Bertz CT molecular complexity index is 401. The van der Waals surface area contributed by atoms with Crippen LogP contribution in [0, 0.1) is 11.3 Å². The Labute approximate surface area is 159 Å². The lowest BCUT2D eigenvalue weighted by atomic mass is 9.54. The Balaban J connectivity index is 0.00000264. The summed E-state index contributed by atoms with van der Waals surface area (Å²) in [5.41, 5.74) is 5.29. The number of nitrogens with one attached hydrogen (secondary N) is 1. The molecule has 24 heavy (non-hydrogen) atoms. The minimum absolute atomic E-state index is 0. The lowest BCUT2D eigenvalue weighted by molar-refractivity contribution is -0.170. The molecule has 0 bridgehead atoms. The topological polar surface area (TPSA) is 67.6 Å². The summed E-state index contributed by atoms with van der Waals surface area (Å²) in [4.78, 5) is 14.9. The van der Waals surface area contributed by atoms with Gasteiger partial charge in [0.05, 0.1) is 6.10 Å². The average Bonchev–Trinajstić information content (AvgIpc) is 2.48. The Morgan fingerprint density at radius 2 is 1.88 bits per heavy atom. The molecule has 2 aliphatic rings. The monoisotopic (exact) mass is 383 g/mol. The molecule has 1 saturated heterocycles. The molecule has 2 rings (SSSR count). The summed E-state index contributed by atoms with van der Waals surface area (Å²) in [6, 6.07) is 0. The number of halogens is 2. The van der Waals surface area contributed by atoms with Crippen LogP contribution in [0.2, 0.25) is 0 Å².